The van der Waals surface area contributed by atoms with Crippen LogP contribution in [0, 0.1) is 0 Å². The number of rotatable bonds is 8. The molecule has 0 fully saturated rings. The van der Waals surface area contributed by atoms with Crippen molar-refractivity contribution in [3.05, 3.63) is 52.5 Å². The molecule has 166 valence electrons. The number of hydrogen-bond donors (Lipinski definition) is 2. The van der Waals surface area contributed by atoms with E-state index < -0.39 is 24.4 Å². The van der Waals surface area contributed by atoms with Gasteiger partial charge in [-0.25, -0.2) is 4.79 Å². The molecule has 9 nitrogen and oxygen atoms in total. The molecule has 31 heavy (non-hydrogen) atoms. The van der Waals surface area contributed by atoms with E-state index in [9.17, 15) is 14.4 Å². The lowest BCUT2D eigenvalue weighted by atomic mass is 10.2. The Hall–Kier alpha value is -3.46. The molecule has 10 heteroatoms. The predicted octanol–water partition coefficient (Wildman–Crippen LogP) is 2.76. The molecule has 2 rings (SSSR count). The molecule has 0 aliphatic heterocycles. The van der Waals surface area contributed by atoms with E-state index in [-0.39, 0.29) is 23.0 Å². The zero-order valence-corrected chi connectivity index (χ0v) is 18.2. The molecule has 0 aliphatic rings. The molecule has 0 saturated carbocycles. The molecule has 0 spiro atoms. The van der Waals surface area contributed by atoms with E-state index in [2.05, 4.69) is 10.9 Å². The Bertz CT molecular complexity index is 963. The molecule has 0 saturated heterocycles. The van der Waals surface area contributed by atoms with Crippen molar-refractivity contribution in [3.63, 3.8) is 0 Å². The van der Waals surface area contributed by atoms with E-state index in [0.717, 1.165) is 0 Å². The summed E-state index contributed by atoms with van der Waals surface area (Å²) in [4.78, 5) is 36.4. The van der Waals surface area contributed by atoms with E-state index in [1.165, 1.54) is 38.5 Å². The second-order valence-electron chi connectivity index (χ2n) is 6.46. The van der Waals surface area contributed by atoms with Gasteiger partial charge in [0.1, 0.15) is 5.75 Å². The molecule has 0 heterocycles. The monoisotopic (exact) mass is 450 g/mol. The van der Waals surface area contributed by atoms with Crippen LogP contribution in [0.4, 0.5) is 0 Å². The topological polar surface area (TPSA) is 112 Å². The summed E-state index contributed by atoms with van der Waals surface area (Å²) in [5, 5.41) is 0.325. The average molecular weight is 451 g/mol. The summed E-state index contributed by atoms with van der Waals surface area (Å²) in [5.41, 5.74) is 4.66. The maximum atomic E-state index is 12.2. The number of carbonyl (C=O) groups is 3. The summed E-state index contributed by atoms with van der Waals surface area (Å²) >= 11 is 5.88. The highest BCUT2D eigenvalue weighted by atomic mass is 35.5. The number of methoxy groups -OCH3 is 2. The molecular weight excluding hydrogens is 428 g/mol. The highest BCUT2D eigenvalue weighted by molar-refractivity contribution is 6.31. The van der Waals surface area contributed by atoms with Gasteiger partial charge in [0.2, 0.25) is 0 Å². The van der Waals surface area contributed by atoms with E-state index in [1.54, 1.807) is 12.1 Å². The van der Waals surface area contributed by atoms with Crippen molar-refractivity contribution in [3.8, 4) is 17.2 Å². The lowest BCUT2D eigenvalue weighted by molar-refractivity contribution is -0.125. The van der Waals surface area contributed by atoms with Crippen molar-refractivity contribution < 1.29 is 33.3 Å². The zero-order valence-electron chi connectivity index (χ0n) is 17.5. The zero-order chi connectivity index (χ0) is 23.0. The van der Waals surface area contributed by atoms with Gasteiger partial charge < -0.3 is 18.9 Å². The van der Waals surface area contributed by atoms with Gasteiger partial charge in [0.25, 0.3) is 11.8 Å². The third-order valence-corrected chi connectivity index (χ3v) is 4.05. The Morgan fingerprint density at radius 1 is 0.935 bits per heavy atom. The molecule has 0 bridgehead atoms. The van der Waals surface area contributed by atoms with E-state index in [4.69, 9.17) is 30.5 Å². The Morgan fingerprint density at radius 2 is 1.61 bits per heavy atom. The van der Waals surface area contributed by atoms with Gasteiger partial charge in [0, 0.05) is 5.02 Å². The fourth-order valence-electron chi connectivity index (χ4n) is 2.45. The van der Waals surface area contributed by atoms with Crippen LogP contribution in [0.2, 0.25) is 5.02 Å². The molecule has 0 atom stereocenters. The number of hydrazine groups is 1. The molecule has 0 unspecified atom stereocenters. The molecule has 0 aromatic heterocycles. The van der Waals surface area contributed by atoms with Crippen LogP contribution in [0.3, 0.4) is 0 Å². The summed E-state index contributed by atoms with van der Waals surface area (Å²) in [7, 11) is 2.84. The van der Waals surface area contributed by atoms with Crippen LogP contribution in [0.25, 0.3) is 0 Å². The molecule has 2 N–H and O–H groups in total. The summed E-state index contributed by atoms with van der Waals surface area (Å²) < 4.78 is 20.9. The maximum absolute atomic E-state index is 12.2. The van der Waals surface area contributed by atoms with Crippen LogP contribution in [-0.4, -0.2) is 44.7 Å². The Morgan fingerprint density at radius 3 is 2.26 bits per heavy atom. The van der Waals surface area contributed by atoms with E-state index >= 15 is 0 Å². The van der Waals surface area contributed by atoms with Gasteiger partial charge >= 0.3 is 5.97 Å². The SMILES string of the molecule is COc1cc(C(=O)OCC(=O)NNC(=O)c2cc(Cl)ccc2OC)ccc1OC(C)C. The van der Waals surface area contributed by atoms with Gasteiger partial charge in [0.15, 0.2) is 18.1 Å². The fraction of sp³-hybridized carbons (Fsp3) is 0.286. The van der Waals surface area contributed by atoms with Gasteiger partial charge in [0.05, 0.1) is 31.5 Å². The van der Waals surface area contributed by atoms with Gasteiger partial charge in [-0.2, -0.15) is 0 Å². The van der Waals surface area contributed by atoms with Crippen molar-refractivity contribution in [2.45, 2.75) is 20.0 Å². The van der Waals surface area contributed by atoms with Gasteiger partial charge in [-0.1, -0.05) is 11.6 Å². The second kappa shape index (κ2) is 11.1. The van der Waals surface area contributed by atoms with Gasteiger partial charge in [-0.3, -0.25) is 20.4 Å². The van der Waals surface area contributed by atoms with Crippen LogP contribution >= 0.6 is 11.6 Å². The molecule has 0 radical (unpaired) electrons. The van der Waals surface area contributed by atoms with Crippen LogP contribution in [-0.2, 0) is 9.53 Å². The fourth-order valence-corrected chi connectivity index (χ4v) is 2.62. The minimum absolute atomic E-state index is 0.0718. The standard InChI is InChI=1S/C21H23ClN2O7/c1-12(2)31-17-7-5-13(9-18(17)29-4)21(27)30-11-19(25)23-24-20(26)15-10-14(22)6-8-16(15)28-3/h5-10,12H,11H2,1-4H3,(H,23,25)(H,24,26). The third-order valence-electron chi connectivity index (χ3n) is 3.82. The smallest absolute Gasteiger partial charge is 0.338 e. The molecular formula is C21H23ClN2O7. The summed E-state index contributed by atoms with van der Waals surface area (Å²) in [6, 6.07) is 8.99. The van der Waals surface area contributed by atoms with Crippen LogP contribution < -0.4 is 25.1 Å². The maximum Gasteiger partial charge on any atom is 0.338 e. The summed E-state index contributed by atoms with van der Waals surface area (Å²) in [6.07, 6.45) is -0.0718. The normalized spacial score (nSPS) is 10.3. The van der Waals surface area contributed by atoms with Gasteiger partial charge in [-0.05, 0) is 50.2 Å². The average Bonchev–Trinajstić information content (AvgIpc) is 2.75. The summed E-state index contributed by atoms with van der Waals surface area (Å²) in [5.74, 6) is -1.02. The molecule has 2 aromatic rings. The number of esters is 1. The number of amides is 2. The van der Waals surface area contributed by atoms with Crippen molar-refractivity contribution >= 4 is 29.4 Å². The number of ether oxygens (including phenoxy) is 4. The lowest BCUT2D eigenvalue weighted by Crippen LogP contribution is -2.43. The van der Waals surface area contributed by atoms with Crippen molar-refractivity contribution in [1.29, 1.82) is 0 Å². The number of nitrogens with one attached hydrogen (secondary N) is 2. The van der Waals surface area contributed by atoms with Crippen LogP contribution in [0.5, 0.6) is 17.2 Å². The van der Waals surface area contributed by atoms with Crippen molar-refractivity contribution in [2.75, 3.05) is 20.8 Å². The minimum Gasteiger partial charge on any atom is -0.496 e. The Labute approximate surface area is 184 Å². The first-order valence-electron chi connectivity index (χ1n) is 9.19. The highest BCUT2D eigenvalue weighted by Crippen LogP contribution is 2.29. The first-order chi connectivity index (χ1) is 14.7. The Balaban J connectivity index is 1.90. The quantitative estimate of drug-likeness (QED) is 0.469. The Kier molecular flexibility index (Phi) is 8.51. The lowest BCUT2D eigenvalue weighted by Gasteiger charge is -2.14. The first kappa shape index (κ1) is 23.8. The number of benzene rings is 2. The van der Waals surface area contributed by atoms with Gasteiger partial charge in [-0.15, -0.1) is 0 Å². The number of carbonyl (C=O) groups excluding carboxylic acids is 3. The van der Waals surface area contributed by atoms with E-state index in [0.29, 0.717) is 16.5 Å². The highest BCUT2D eigenvalue weighted by Gasteiger charge is 2.16. The first-order valence-corrected chi connectivity index (χ1v) is 9.57. The molecule has 2 amide bonds. The third kappa shape index (κ3) is 6.78. The molecule has 0 aliphatic carbocycles. The van der Waals surface area contributed by atoms with Crippen molar-refractivity contribution in [2.24, 2.45) is 0 Å². The molecule has 2 aromatic carbocycles. The summed E-state index contributed by atoms with van der Waals surface area (Å²) in [6.45, 7) is 3.11. The van der Waals surface area contributed by atoms with Crippen molar-refractivity contribution in [1.82, 2.24) is 10.9 Å². The minimum atomic E-state index is -0.743. The predicted molar refractivity (Wildman–Crippen MR) is 113 cm³/mol. The number of halogens is 1. The largest absolute Gasteiger partial charge is 0.496 e. The van der Waals surface area contributed by atoms with E-state index in [1.807, 2.05) is 13.8 Å². The van der Waals surface area contributed by atoms with Crippen LogP contribution in [0.1, 0.15) is 34.6 Å². The van der Waals surface area contributed by atoms with Crippen LogP contribution in [0.15, 0.2) is 36.4 Å². The number of hydrogen-bond acceptors (Lipinski definition) is 7. The second-order valence-corrected chi connectivity index (χ2v) is 6.89.